The maximum Gasteiger partial charge on any atom is 0.416 e. The Hall–Kier alpha value is -12.4. The molecule has 758 valence electrons. The van der Waals surface area contributed by atoms with Gasteiger partial charge in [-0.25, -0.2) is 9.24 Å². The first-order chi connectivity index (χ1) is 72.0. The highest BCUT2D eigenvalue weighted by Gasteiger charge is 2.35. The molecule has 36 heteroatoms. The van der Waals surface area contributed by atoms with Gasteiger partial charge in [0.25, 0.3) is 0 Å². The van der Waals surface area contributed by atoms with E-state index in [1.54, 1.807) is 84.1 Å². The van der Waals surface area contributed by atoms with E-state index in [2.05, 4.69) is 121 Å². The van der Waals surface area contributed by atoms with Gasteiger partial charge < -0.3 is 23.7 Å². The number of aromatic nitrogens is 14. The maximum atomic E-state index is 15.0. The van der Waals surface area contributed by atoms with Crippen molar-refractivity contribution in [2.24, 2.45) is 0 Å². The Morgan fingerprint density at radius 1 is 0.395 bits per heavy atom. The molecule has 0 radical (unpaired) electrons. The van der Waals surface area contributed by atoms with Crippen molar-refractivity contribution in [3.05, 3.63) is 342 Å². The first kappa shape index (κ1) is 103. The molecule has 0 spiro atoms. The molecule has 0 bridgehead atoms. The number of piperidine rings is 3. The van der Waals surface area contributed by atoms with Crippen molar-refractivity contribution in [1.29, 1.82) is 0 Å². The molecule has 20 rings (SSSR count). The zero-order chi connectivity index (χ0) is 104. The number of rotatable bonds is 28. The van der Waals surface area contributed by atoms with E-state index < -0.39 is 36.5 Å². The molecule has 4 saturated heterocycles. The number of ether oxygens (including phenoxy) is 5. The van der Waals surface area contributed by atoms with Gasteiger partial charge in [0.1, 0.15) is 53.2 Å². The molecule has 7 aromatic carbocycles. The first-order valence-electron chi connectivity index (χ1n) is 49.3. The van der Waals surface area contributed by atoms with E-state index in [9.17, 15) is 17.6 Å². The first-order valence-corrected chi connectivity index (χ1v) is 51.3. The minimum Gasteiger partial charge on any atom is -0.486 e. The monoisotopic (exact) mass is 2140 g/mol. The Bertz CT molecular complexity index is 7470. The minimum atomic E-state index is -4.43. The smallest absolute Gasteiger partial charge is 0.416 e. The Kier molecular flexibility index (Phi) is 35.1. The van der Waals surface area contributed by atoms with Gasteiger partial charge in [-0.15, -0.1) is 0 Å². The predicted molar refractivity (Wildman–Crippen MR) is 579 cm³/mol. The summed E-state index contributed by atoms with van der Waals surface area (Å²) < 4.78 is 104. The number of halogens is 12. The highest BCUT2D eigenvalue weighted by Crippen LogP contribution is 2.42. The van der Waals surface area contributed by atoms with Crippen LogP contribution in [-0.4, -0.2) is 156 Å². The molecule has 9 aromatic heterocycles. The number of fused-ring (bicyclic) bond motifs is 4. The average Bonchev–Trinajstić information content (AvgIpc) is 1.78. The quantitative estimate of drug-likeness (QED) is 0.0262. The Labute approximate surface area is 891 Å². The van der Waals surface area contributed by atoms with Crippen molar-refractivity contribution >= 4 is 191 Å². The van der Waals surface area contributed by atoms with E-state index in [1.165, 1.54) is 93.7 Å². The lowest BCUT2D eigenvalue weighted by Crippen LogP contribution is -2.35. The normalized spacial score (nSPS) is 15.8. The molecule has 4 aliphatic heterocycles. The fourth-order valence-corrected chi connectivity index (χ4v) is 20.7. The fourth-order valence-electron chi connectivity index (χ4n) is 18.1. The summed E-state index contributed by atoms with van der Waals surface area (Å²) in [5, 5.41) is 45.0. The predicted octanol–water partition coefficient (Wildman–Crippen LogP) is 29.6. The standard InChI is InChI=1S/C29H27Cl2F3N4O.C29H26Cl2FN5O.C28H28Cl2N4O.C25H24Cl2N6O2/c1-18(28-24(30)15-35-16-25(28)31)39-21-8-10-27-22(14-21)26(36-37-27)9-6-19-5-7-20(23(13-19)29(32,33)34)17-38-11-3-2-4-12-38;1-18(29-23(30)15-34-16-24(29)31)38-21-7-9-27-22(14-21)26(35-36-27)8-6-19-12-25(32)20(13-28(19)33-2)17-37-10-4-3-5-11-37;1-19(28-24(29)16-31-17-25(28)30)35-22-10-12-27-23(15-22)26(32-33-27)11-9-20-5-7-21(8-6-20)18-34-13-3-2-4-14-34;1-16(25-21(26)13-28-14-22(25)27)35-19-5-7-24-20(12-19)23(31-32-24)6-4-17-2-3-18(30-29-17)15-33-8-10-34-11-9-33/h5-10,13-16,18H,2-4,11-12,17H2,1H3,(H,36,37);6-9,12-16,18H,3-5,10-11,17H2,1H3,(H,35,36);5-12,15-17,19H,2-4,13-14,18H2,1H3,(H,32,33);2-7,12-14,16H,8-11,15H2,1H3,(H,31,32)/b9-6+;8-6+;11-9+;6-4+/i;;;15D2. The second-order valence-electron chi connectivity index (χ2n) is 36.0. The zero-order valence-electron chi connectivity index (χ0n) is 82.7. The lowest BCUT2D eigenvalue weighted by atomic mass is 10.0. The highest BCUT2D eigenvalue weighted by atomic mass is 35.5. The molecule has 4 atom stereocenters. The summed E-state index contributed by atoms with van der Waals surface area (Å²) in [6.45, 7) is 23.3. The summed E-state index contributed by atoms with van der Waals surface area (Å²) in [5.74, 6) is 2.23. The van der Waals surface area contributed by atoms with E-state index in [0.29, 0.717) is 170 Å². The summed E-state index contributed by atoms with van der Waals surface area (Å²) in [5.41, 5.74) is 13.8. The number of benzene rings is 7. The summed E-state index contributed by atoms with van der Waals surface area (Å²) >= 11 is 50.3. The molecular formula is C111H105Cl8F4N19O5. The van der Waals surface area contributed by atoms with E-state index >= 15 is 0 Å². The Balaban J connectivity index is 0.000000135. The number of nitrogens with zero attached hydrogens (tertiary/aromatic N) is 15. The van der Waals surface area contributed by atoms with Crippen LogP contribution in [0, 0.1) is 12.4 Å². The SMILES string of the molecule is CC(Oc1ccc2[nH]nc(/C=C/c3ccc(CN4CCCCC4)c(C(F)(F)F)c3)c2c1)c1c(Cl)cncc1Cl.CC(Oc1ccc2[nH]nc(/C=C/c3ccc(CN4CCCCC4)cc3)c2c1)c1c(Cl)cncc1Cl.[2H]C([2H])(c1ccc(/C=C/c2n[nH]c3ccc(OC(C)c4c(Cl)cncc4Cl)cc23)nn1)N1CCOCC1.[C-]#[N+]c1cc(CN2CCCCC2)c(F)cc1/C=C/c1n[nH]c2ccc(OC(C)c3c(Cl)cncc3Cl)cc12. The van der Waals surface area contributed by atoms with Gasteiger partial charge in [-0.1, -0.05) is 167 Å². The van der Waals surface area contributed by atoms with Gasteiger partial charge in [-0.3, -0.25) is 59.9 Å². The van der Waals surface area contributed by atoms with Crippen LogP contribution in [0.25, 0.3) is 97.1 Å². The van der Waals surface area contributed by atoms with Crippen LogP contribution in [-0.2, 0) is 37.0 Å². The molecule has 0 amide bonds. The second kappa shape index (κ2) is 50.1. The van der Waals surface area contributed by atoms with Gasteiger partial charge in [0.2, 0.25) is 0 Å². The third kappa shape index (κ3) is 27.8. The van der Waals surface area contributed by atoms with Gasteiger partial charge >= 0.3 is 6.18 Å². The molecule has 4 fully saturated rings. The lowest BCUT2D eigenvalue weighted by Gasteiger charge is -2.27. The summed E-state index contributed by atoms with van der Waals surface area (Å²) in [4.78, 5) is 28.2. The van der Waals surface area contributed by atoms with Crippen LogP contribution >= 0.6 is 92.8 Å². The number of nitrogens with one attached hydrogen (secondary N) is 4. The minimum absolute atomic E-state index is 0.266. The zero-order valence-corrected chi connectivity index (χ0v) is 86.7. The van der Waals surface area contributed by atoms with Gasteiger partial charge in [-0.2, -0.15) is 43.8 Å². The van der Waals surface area contributed by atoms with Crippen LogP contribution in [0.2, 0.25) is 40.2 Å². The van der Waals surface area contributed by atoms with Crippen LogP contribution in [0.1, 0.15) is 208 Å². The number of pyridine rings is 4. The summed E-state index contributed by atoms with van der Waals surface area (Å²) in [6, 6.07) is 42.3. The van der Waals surface area contributed by atoms with Crippen molar-refractivity contribution in [2.75, 3.05) is 65.6 Å². The van der Waals surface area contributed by atoms with Gasteiger partial charge in [0, 0.05) is 135 Å². The highest BCUT2D eigenvalue weighted by molar-refractivity contribution is 6.37. The van der Waals surface area contributed by atoms with Crippen LogP contribution in [0.3, 0.4) is 0 Å². The largest absolute Gasteiger partial charge is 0.486 e. The van der Waals surface area contributed by atoms with Crippen molar-refractivity contribution in [3.8, 4) is 23.0 Å². The molecule has 0 aliphatic carbocycles. The number of alkyl halides is 3. The van der Waals surface area contributed by atoms with E-state index in [1.807, 2.05) is 107 Å². The second-order valence-corrected chi connectivity index (χ2v) is 39.3. The van der Waals surface area contributed by atoms with Crippen LogP contribution in [0.15, 0.2) is 189 Å². The number of hydrogen-bond acceptors (Lipinski definition) is 19. The van der Waals surface area contributed by atoms with Crippen molar-refractivity contribution in [1.82, 2.24) is 90.5 Å². The van der Waals surface area contributed by atoms with E-state index in [-0.39, 0.29) is 17.6 Å². The van der Waals surface area contributed by atoms with Gasteiger partial charge in [-0.05, 0) is 272 Å². The molecule has 4 unspecified atom stereocenters. The van der Waals surface area contributed by atoms with Crippen LogP contribution in [0.5, 0.6) is 23.0 Å². The van der Waals surface area contributed by atoms with Gasteiger partial charge in [0.15, 0.2) is 5.69 Å². The molecule has 4 aliphatic rings. The van der Waals surface area contributed by atoms with Crippen LogP contribution in [0.4, 0.5) is 23.2 Å². The molecule has 4 N–H and O–H groups in total. The molecule has 24 nitrogen and oxygen atoms in total. The lowest BCUT2D eigenvalue weighted by molar-refractivity contribution is -0.138. The molecule has 13 heterocycles. The summed E-state index contributed by atoms with van der Waals surface area (Å²) in [7, 11) is 0. The van der Waals surface area contributed by atoms with Gasteiger partial charge in [0.05, 0.1) is 122 Å². The van der Waals surface area contributed by atoms with Crippen molar-refractivity contribution in [2.45, 2.75) is 142 Å². The van der Waals surface area contributed by atoms with Crippen molar-refractivity contribution in [3.63, 3.8) is 0 Å². The van der Waals surface area contributed by atoms with Crippen molar-refractivity contribution < 1.29 is 44.0 Å². The number of morpholine rings is 1. The number of likely N-dealkylation sites (tertiary alicyclic amines) is 3. The van der Waals surface area contributed by atoms with Crippen LogP contribution < -0.4 is 18.9 Å². The molecule has 147 heavy (non-hydrogen) atoms. The van der Waals surface area contributed by atoms with E-state index in [4.69, 9.17) is 126 Å². The number of hydrogen-bond donors (Lipinski definition) is 4. The molecule has 16 aromatic rings. The van der Waals surface area contributed by atoms with E-state index in [0.717, 1.165) is 125 Å². The summed E-state index contributed by atoms with van der Waals surface area (Å²) in [6.07, 6.45) is 31.5. The topological polar surface area (TPSA) is 256 Å². The molecular weight excluding hydrogens is 2040 g/mol. The Morgan fingerprint density at radius 3 is 1.13 bits per heavy atom. The number of H-pyrrole nitrogens is 4. The number of aromatic amines is 4. The molecule has 0 saturated carbocycles. The maximum absolute atomic E-state index is 15.0. The average molecular weight is 2150 g/mol. The fraction of sp³-hybridized carbons (Fsp3) is 0.288. The third-order valence-corrected chi connectivity index (χ3v) is 28.0. The third-order valence-electron chi connectivity index (χ3n) is 25.6. The Morgan fingerprint density at radius 2 is 0.755 bits per heavy atom.